The Morgan fingerprint density at radius 2 is 1.71 bits per heavy atom. The lowest BCUT2D eigenvalue weighted by Crippen LogP contribution is -2.32. The van der Waals surface area contributed by atoms with E-state index in [4.69, 9.17) is 5.73 Å². The largest absolute Gasteiger partial charge is 0.458 e. The van der Waals surface area contributed by atoms with Crippen molar-refractivity contribution in [2.24, 2.45) is 5.73 Å². The zero-order valence-corrected chi connectivity index (χ0v) is 7.55. The van der Waals surface area contributed by atoms with E-state index < -0.39 is 17.0 Å². The molecule has 1 aromatic heterocycles. The van der Waals surface area contributed by atoms with Crippen LogP contribution in [0.4, 0.5) is 22.0 Å². The molecule has 0 spiro atoms. The third-order valence-corrected chi connectivity index (χ3v) is 2.71. The van der Waals surface area contributed by atoms with E-state index in [1.807, 2.05) is 0 Å². The number of hydrogen-bond donors (Lipinski definition) is 1. The normalized spacial score (nSPS) is 13.3. The Kier molecular flexibility index (Phi) is 2.82. The Morgan fingerprint density at radius 1 is 1.14 bits per heavy atom. The first-order valence-electron chi connectivity index (χ1n) is 3.53. The number of alkyl halides is 5. The van der Waals surface area contributed by atoms with Gasteiger partial charge < -0.3 is 5.73 Å². The molecule has 0 unspecified atom stereocenters. The van der Waals surface area contributed by atoms with Gasteiger partial charge in [-0.1, -0.05) is 0 Å². The van der Waals surface area contributed by atoms with Crippen molar-refractivity contribution < 1.29 is 22.0 Å². The third-order valence-electron chi connectivity index (χ3n) is 1.53. The fourth-order valence-corrected chi connectivity index (χ4v) is 1.68. The smallest absolute Gasteiger partial charge is 0.326 e. The molecule has 0 aliphatic rings. The van der Waals surface area contributed by atoms with Crippen LogP contribution in [-0.2, 0) is 12.5 Å². The molecule has 1 nitrogen and oxygen atoms in total. The average molecular weight is 231 g/mol. The summed E-state index contributed by atoms with van der Waals surface area (Å²) >= 11 is 0.372. The van der Waals surface area contributed by atoms with Gasteiger partial charge in [0, 0.05) is 11.4 Å². The summed E-state index contributed by atoms with van der Waals surface area (Å²) < 4.78 is 60.9. The minimum absolute atomic E-state index is 0.0431. The first kappa shape index (κ1) is 11.4. The van der Waals surface area contributed by atoms with Crippen LogP contribution < -0.4 is 5.73 Å². The van der Waals surface area contributed by atoms with E-state index in [2.05, 4.69) is 0 Å². The highest BCUT2D eigenvalue weighted by Crippen LogP contribution is 2.46. The topological polar surface area (TPSA) is 26.0 Å². The number of nitrogens with two attached hydrogens (primary N) is 1. The molecule has 7 heteroatoms. The van der Waals surface area contributed by atoms with Crippen LogP contribution in [0.1, 0.15) is 9.75 Å². The molecule has 0 aliphatic carbocycles. The van der Waals surface area contributed by atoms with E-state index in [-0.39, 0.29) is 6.54 Å². The van der Waals surface area contributed by atoms with E-state index in [1.54, 1.807) is 0 Å². The molecule has 0 bridgehead atoms. The van der Waals surface area contributed by atoms with Gasteiger partial charge in [-0.25, -0.2) is 0 Å². The molecule has 0 atom stereocenters. The van der Waals surface area contributed by atoms with Crippen molar-refractivity contribution in [1.82, 2.24) is 0 Å². The molecule has 0 aliphatic heterocycles. The fraction of sp³-hybridized carbons (Fsp3) is 0.429. The number of hydrogen-bond acceptors (Lipinski definition) is 2. The predicted octanol–water partition coefficient (Wildman–Crippen LogP) is 2.86. The molecular formula is C7H6F5NS. The van der Waals surface area contributed by atoms with E-state index in [0.29, 0.717) is 16.2 Å². The van der Waals surface area contributed by atoms with Gasteiger partial charge in [-0.3, -0.25) is 0 Å². The van der Waals surface area contributed by atoms with Crippen molar-refractivity contribution in [2.45, 2.75) is 18.6 Å². The maximum Gasteiger partial charge on any atom is 0.458 e. The third kappa shape index (κ3) is 1.88. The van der Waals surface area contributed by atoms with Gasteiger partial charge in [0.05, 0.1) is 4.88 Å². The van der Waals surface area contributed by atoms with E-state index >= 15 is 0 Å². The first-order chi connectivity index (χ1) is 6.29. The van der Waals surface area contributed by atoms with Crippen LogP contribution in [0.25, 0.3) is 0 Å². The Bertz CT molecular complexity index is 316. The van der Waals surface area contributed by atoms with Crippen LogP contribution in [0, 0.1) is 0 Å². The van der Waals surface area contributed by atoms with E-state index in [0.717, 1.165) is 6.07 Å². The zero-order chi connectivity index (χ0) is 11.0. The molecular weight excluding hydrogens is 225 g/mol. The number of rotatable bonds is 2. The molecule has 0 fully saturated rings. The fourth-order valence-electron chi connectivity index (χ4n) is 0.796. The molecule has 2 N–H and O–H groups in total. The van der Waals surface area contributed by atoms with Crippen molar-refractivity contribution in [3.8, 4) is 0 Å². The summed E-state index contributed by atoms with van der Waals surface area (Å²) in [6.07, 6.45) is -5.55. The van der Waals surface area contributed by atoms with Gasteiger partial charge in [-0.05, 0) is 12.1 Å². The Hall–Kier alpha value is -0.690. The van der Waals surface area contributed by atoms with Crippen molar-refractivity contribution in [1.29, 1.82) is 0 Å². The molecule has 0 radical (unpaired) electrons. The highest BCUT2D eigenvalue weighted by Gasteiger charge is 2.59. The van der Waals surface area contributed by atoms with Crippen molar-refractivity contribution in [3.05, 3.63) is 21.9 Å². The summed E-state index contributed by atoms with van der Waals surface area (Å²) in [5.74, 6) is -4.79. The van der Waals surface area contributed by atoms with Gasteiger partial charge in [0.1, 0.15) is 0 Å². The summed E-state index contributed by atoms with van der Waals surface area (Å²) in [6, 6.07) is 1.92. The molecule has 1 aromatic rings. The molecule has 0 aromatic carbocycles. The van der Waals surface area contributed by atoms with Gasteiger partial charge >= 0.3 is 12.1 Å². The lowest BCUT2D eigenvalue weighted by Gasteiger charge is -2.17. The Balaban J connectivity index is 3.04. The quantitative estimate of drug-likeness (QED) is 0.778. The van der Waals surface area contributed by atoms with Crippen molar-refractivity contribution in [3.63, 3.8) is 0 Å². The number of thiophene rings is 1. The summed E-state index contributed by atoms with van der Waals surface area (Å²) in [6.45, 7) is -0.0431. The van der Waals surface area contributed by atoms with Crippen LogP contribution in [0.2, 0.25) is 0 Å². The van der Waals surface area contributed by atoms with E-state index in [9.17, 15) is 22.0 Å². The van der Waals surface area contributed by atoms with Gasteiger partial charge in [0.2, 0.25) is 0 Å². The highest BCUT2D eigenvalue weighted by molar-refractivity contribution is 7.12. The minimum Gasteiger partial charge on any atom is -0.326 e. The monoisotopic (exact) mass is 231 g/mol. The second-order valence-electron chi connectivity index (χ2n) is 2.54. The molecule has 0 saturated heterocycles. The molecule has 0 amide bonds. The zero-order valence-electron chi connectivity index (χ0n) is 6.74. The van der Waals surface area contributed by atoms with Gasteiger partial charge in [-0.15, -0.1) is 11.3 Å². The first-order valence-corrected chi connectivity index (χ1v) is 4.34. The summed E-state index contributed by atoms with van der Waals surface area (Å²) in [5.41, 5.74) is 5.10. The maximum atomic E-state index is 12.7. The molecule has 14 heavy (non-hydrogen) atoms. The standard InChI is InChI=1S/C7H6F5NS/c8-6(9,7(10,11)12)5-2-1-4(3-13)14-5/h1-2H,3,13H2. The van der Waals surface area contributed by atoms with Crippen LogP contribution in [0.15, 0.2) is 12.1 Å². The highest BCUT2D eigenvalue weighted by atomic mass is 32.1. The lowest BCUT2D eigenvalue weighted by molar-refractivity contribution is -0.287. The number of halogens is 5. The second-order valence-corrected chi connectivity index (χ2v) is 3.71. The Morgan fingerprint density at radius 3 is 2.07 bits per heavy atom. The van der Waals surface area contributed by atoms with Crippen molar-refractivity contribution in [2.75, 3.05) is 0 Å². The Labute approximate surface area is 80.3 Å². The maximum absolute atomic E-state index is 12.7. The summed E-state index contributed by atoms with van der Waals surface area (Å²) in [4.78, 5) is -0.727. The molecule has 1 rings (SSSR count). The van der Waals surface area contributed by atoms with Crippen LogP contribution in [-0.4, -0.2) is 6.18 Å². The molecule has 1 heterocycles. The van der Waals surface area contributed by atoms with Gasteiger partial charge in [-0.2, -0.15) is 22.0 Å². The van der Waals surface area contributed by atoms with Gasteiger partial charge in [0.25, 0.3) is 0 Å². The molecule has 0 saturated carbocycles. The van der Waals surface area contributed by atoms with E-state index in [1.165, 1.54) is 6.07 Å². The minimum atomic E-state index is -5.55. The van der Waals surface area contributed by atoms with Crippen molar-refractivity contribution >= 4 is 11.3 Å². The summed E-state index contributed by atoms with van der Waals surface area (Å²) in [7, 11) is 0. The van der Waals surface area contributed by atoms with Gasteiger partial charge in [0.15, 0.2) is 0 Å². The average Bonchev–Trinajstić information content (AvgIpc) is 2.49. The van der Waals surface area contributed by atoms with Crippen LogP contribution in [0.3, 0.4) is 0 Å². The SMILES string of the molecule is NCc1ccc(C(F)(F)C(F)(F)F)s1. The van der Waals surface area contributed by atoms with Crippen LogP contribution >= 0.6 is 11.3 Å². The lowest BCUT2D eigenvalue weighted by atomic mass is 10.2. The molecule has 80 valence electrons. The van der Waals surface area contributed by atoms with Crippen LogP contribution in [0.5, 0.6) is 0 Å². The second kappa shape index (κ2) is 3.47. The predicted molar refractivity (Wildman–Crippen MR) is 42.2 cm³/mol. The summed E-state index contributed by atoms with van der Waals surface area (Å²) in [5, 5.41) is 0.